The van der Waals surface area contributed by atoms with E-state index in [1.165, 1.54) is 4.31 Å². The predicted octanol–water partition coefficient (Wildman–Crippen LogP) is 1.67. The van der Waals surface area contributed by atoms with Gasteiger partial charge < -0.3 is 14.4 Å². The molecule has 1 fully saturated rings. The van der Waals surface area contributed by atoms with Gasteiger partial charge in [-0.2, -0.15) is 4.31 Å². The Kier molecular flexibility index (Phi) is 5.77. The highest BCUT2D eigenvalue weighted by molar-refractivity contribution is 7.89. The summed E-state index contributed by atoms with van der Waals surface area (Å²) in [4.78, 5) is 18.6. The molecule has 3 heterocycles. The van der Waals surface area contributed by atoms with Crippen LogP contribution in [0.1, 0.15) is 19.0 Å². The van der Waals surface area contributed by atoms with Crippen molar-refractivity contribution in [1.82, 2.24) is 14.2 Å². The zero-order valence-electron chi connectivity index (χ0n) is 16.9. The summed E-state index contributed by atoms with van der Waals surface area (Å²) in [5.74, 6) is 0.203. The monoisotopic (exact) mass is 431 g/mol. The number of pyridine rings is 1. The third-order valence-corrected chi connectivity index (χ3v) is 7.25. The number of amides is 1. The van der Waals surface area contributed by atoms with Gasteiger partial charge in [-0.3, -0.25) is 9.78 Å². The van der Waals surface area contributed by atoms with E-state index in [2.05, 4.69) is 4.98 Å². The van der Waals surface area contributed by atoms with E-state index in [4.69, 9.17) is 9.47 Å². The molecule has 4 rings (SSSR count). The molecular weight excluding hydrogens is 406 g/mol. The molecule has 1 aromatic heterocycles. The maximum atomic E-state index is 13.4. The van der Waals surface area contributed by atoms with Gasteiger partial charge in [-0.25, -0.2) is 8.42 Å². The van der Waals surface area contributed by atoms with Gasteiger partial charge in [0.1, 0.15) is 22.9 Å². The summed E-state index contributed by atoms with van der Waals surface area (Å²) in [7, 11) is -3.79. The summed E-state index contributed by atoms with van der Waals surface area (Å²) in [5.41, 5.74) is -0.172. The first-order valence-electron chi connectivity index (χ1n) is 9.97. The summed E-state index contributed by atoms with van der Waals surface area (Å²) >= 11 is 0. The molecule has 0 radical (unpaired) electrons. The van der Waals surface area contributed by atoms with Crippen LogP contribution < -0.4 is 4.74 Å². The minimum Gasteiger partial charge on any atom is -0.483 e. The molecule has 9 heteroatoms. The molecule has 1 spiro atoms. The van der Waals surface area contributed by atoms with Crippen molar-refractivity contribution >= 4 is 15.9 Å². The Morgan fingerprint density at radius 3 is 2.77 bits per heavy atom. The van der Waals surface area contributed by atoms with E-state index < -0.39 is 15.6 Å². The molecule has 1 aromatic carbocycles. The minimum atomic E-state index is -3.79. The number of para-hydroxylation sites is 1. The average molecular weight is 432 g/mol. The minimum absolute atomic E-state index is 0.0130. The molecule has 1 amide bonds. The third-order valence-electron chi connectivity index (χ3n) is 5.42. The Bertz CT molecular complexity index is 1010. The Labute approximate surface area is 176 Å². The van der Waals surface area contributed by atoms with Gasteiger partial charge in [0, 0.05) is 25.8 Å². The largest absolute Gasteiger partial charge is 0.483 e. The number of carbonyl (C=O) groups excluding carboxylic acids is 1. The van der Waals surface area contributed by atoms with Crippen LogP contribution in [0.4, 0.5) is 0 Å². The number of likely N-dealkylation sites (tertiary alicyclic amines) is 1. The molecule has 2 aliphatic heterocycles. The number of hydrogen-bond acceptors (Lipinski definition) is 6. The first-order chi connectivity index (χ1) is 14.4. The normalized spacial score (nSPS) is 23.0. The van der Waals surface area contributed by atoms with Gasteiger partial charge in [-0.05, 0) is 31.2 Å². The fraction of sp³-hybridized carbons (Fsp3) is 0.429. The van der Waals surface area contributed by atoms with Crippen LogP contribution in [-0.4, -0.2) is 67.0 Å². The van der Waals surface area contributed by atoms with Gasteiger partial charge in [-0.15, -0.1) is 0 Å². The fourth-order valence-electron chi connectivity index (χ4n) is 3.92. The second-order valence-corrected chi connectivity index (χ2v) is 9.43. The van der Waals surface area contributed by atoms with Crippen LogP contribution in [0.25, 0.3) is 0 Å². The summed E-state index contributed by atoms with van der Waals surface area (Å²) in [5, 5.41) is 0. The van der Waals surface area contributed by atoms with E-state index in [9.17, 15) is 13.2 Å². The topological polar surface area (TPSA) is 89.0 Å². The Balaban J connectivity index is 1.67. The highest BCUT2D eigenvalue weighted by Crippen LogP contribution is 2.38. The number of benzene rings is 1. The molecule has 1 unspecified atom stereocenters. The maximum Gasteiger partial charge on any atom is 0.248 e. The number of sulfonamides is 1. The van der Waals surface area contributed by atoms with Crippen LogP contribution in [-0.2, 0) is 26.1 Å². The summed E-state index contributed by atoms with van der Waals surface area (Å²) in [6, 6.07) is 12.1. The molecule has 0 N–H and O–H groups in total. The van der Waals surface area contributed by atoms with Gasteiger partial charge in [0.15, 0.2) is 0 Å². The van der Waals surface area contributed by atoms with Crippen molar-refractivity contribution < 1.29 is 22.7 Å². The van der Waals surface area contributed by atoms with E-state index in [0.717, 1.165) is 0 Å². The number of ether oxygens (including phenoxy) is 2. The SMILES string of the molecule is CCOCC(=O)N1CCC2(C1)CN(Cc1ccccn1)S(=O)(=O)c1ccccc1O2. The Morgan fingerprint density at radius 1 is 1.20 bits per heavy atom. The molecule has 160 valence electrons. The first kappa shape index (κ1) is 20.8. The van der Waals surface area contributed by atoms with E-state index in [1.54, 1.807) is 47.5 Å². The smallest absolute Gasteiger partial charge is 0.248 e. The van der Waals surface area contributed by atoms with Gasteiger partial charge in [0.05, 0.1) is 25.3 Å². The molecule has 1 atom stereocenters. The average Bonchev–Trinajstić information content (AvgIpc) is 3.12. The first-order valence-corrected chi connectivity index (χ1v) is 11.4. The van der Waals surface area contributed by atoms with Gasteiger partial charge in [0.2, 0.25) is 15.9 Å². The van der Waals surface area contributed by atoms with Crippen molar-refractivity contribution in [2.24, 2.45) is 0 Å². The van der Waals surface area contributed by atoms with Crippen molar-refractivity contribution in [3.63, 3.8) is 0 Å². The highest BCUT2D eigenvalue weighted by atomic mass is 32.2. The molecule has 2 aliphatic rings. The van der Waals surface area contributed by atoms with Crippen LogP contribution in [0.15, 0.2) is 53.6 Å². The number of aromatic nitrogens is 1. The third kappa shape index (κ3) is 4.05. The lowest BCUT2D eigenvalue weighted by Gasteiger charge is -2.31. The lowest BCUT2D eigenvalue weighted by molar-refractivity contribution is -0.135. The van der Waals surface area contributed by atoms with Crippen LogP contribution in [0.5, 0.6) is 5.75 Å². The lowest BCUT2D eigenvalue weighted by Crippen LogP contribution is -2.49. The van der Waals surface area contributed by atoms with E-state index in [1.807, 2.05) is 13.0 Å². The molecule has 30 heavy (non-hydrogen) atoms. The number of rotatable bonds is 5. The zero-order chi connectivity index (χ0) is 21.2. The molecule has 0 aliphatic carbocycles. The van der Waals surface area contributed by atoms with Crippen molar-refractivity contribution in [1.29, 1.82) is 0 Å². The molecule has 8 nitrogen and oxygen atoms in total. The Morgan fingerprint density at radius 2 is 2.00 bits per heavy atom. The summed E-state index contributed by atoms with van der Waals surface area (Å²) in [6.45, 7) is 3.38. The van der Waals surface area contributed by atoms with Gasteiger partial charge in [0.25, 0.3) is 0 Å². The van der Waals surface area contributed by atoms with Gasteiger partial charge >= 0.3 is 0 Å². The molecule has 2 aromatic rings. The van der Waals surface area contributed by atoms with Crippen molar-refractivity contribution in [3.8, 4) is 5.75 Å². The highest BCUT2D eigenvalue weighted by Gasteiger charge is 2.48. The molecule has 0 bridgehead atoms. The second kappa shape index (κ2) is 8.33. The fourth-order valence-corrected chi connectivity index (χ4v) is 5.52. The quantitative estimate of drug-likeness (QED) is 0.716. The van der Waals surface area contributed by atoms with Crippen LogP contribution in [0.3, 0.4) is 0 Å². The van der Waals surface area contributed by atoms with Crippen molar-refractivity contribution in [3.05, 3.63) is 54.4 Å². The predicted molar refractivity (Wildman–Crippen MR) is 109 cm³/mol. The van der Waals surface area contributed by atoms with Crippen LogP contribution in [0, 0.1) is 0 Å². The number of hydrogen-bond donors (Lipinski definition) is 0. The van der Waals surface area contributed by atoms with Crippen LogP contribution in [0.2, 0.25) is 0 Å². The molecular formula is C21H25N3O5S. The van der Waals surface area contributed by atoms with Crippen LogP contribution >= 0.6 is 0 Å². The van der Waals surface area contributed by atoms with E-state index in [0.29, 0.717) is 37.6 Å². The van der Waals surface area contributed by atoms with E-state index in [-0.39, 0.29) is 30.5 Å². The molecule has 1 saturated heterocycles. The summed E-state index contributed by atoms with van der Waals surface area (Å²) < 4.78 is 39.9. The van der Waals surface area contributed by atoms with Crippen molar-refractivity contribution in [2.75, 3.05) is 32.8 Å². The zero-order valence-corrected chi connectivity index (χ0v) is 17.7. The van der Waals surface area contributed by atoms with Crippen molar-refractivity contribution in [2.45, 2.75) is 30.4 Å². The Hall–Kier alpha value is -2.49. The maximum absolute atomic E-state index is 13.4. The summed E-state index contributed by atoms with van der Waals surface area (Å²) in [6.07, 6.45) is 2.18. The van der Waals surface area contributed by atoms with Gasteiger partial charge in [-0.1, -0.05) is 18.2 Å². The lowest BCUT2D eigenvalue weighted by atomic mass is 10.0. The number of fused-ring (bicyclic) bond motifs is 1. The second-order valence-electron chi connectivity index (χ2n) is 7.53. The molecule has 0 saturated carbocycles. The number of nitrogens with zero attached hydrogens (tertiary/aromatic N) is 3. The van der Waals surface area contributed by atoms with E-state index >= 15 is 0 Å². The standard InChI is InChI=1S/C21H25N3O5S/c1-2-28-14-20(25)23-12-10-21(15-23)16-24(13-17-7-5-6-11-22-17)30(26,27)19-9-4-3-8-18(19)29-21/h3-9,11H,2,10,12-16H2,1H3. The number of carbonyl (C=O) groups is 1.